The normalized spacial score (nSPS) is 9.32. The lowest BCUT2D eigenvalue weighted by Crippen LogP contribution is -2.04. The van der Waals surface area contributed by atoms with E-state index in [-0.39, 0.29) is 5.91 Å². The van der Waals surface area contributed by atoms with E-state index in [2.05, 4.69) is 53.8 Å². The Balaban J connectivity index is 0.000000164. The summed E-state index contributed by atoms with van der Waals surface area (Å²) in [5.41, 5.74) is 3.39. The molecule has 0 fully saturated rings. The number of anilines is 1. The van der Waals surface area contributed by atoms with Crippen molar-refractivity contribution in [2.24, 2.45) is 0 Å². The lowest BCUT2D eigenvalue weighted by Gasteiger charge is -1.98. The predicted octanol–water partition coefficient (Wildman–Crippen LogP) is 5.00. The van der Waals surface area contributed by atoms with Gasteiger partial charge in [0.2, 0.25) is 5.91 Å². The molecule has 22 heavy (non-hydrogen) atoms. The van der Waals surface area contributed by atoms with E-state index in [0.29, 0.717) is 0 Å². The molecule has 0 bridgehead atoms. The molecule has 0 aliphatic carbocycles. The summed E-state index contributed by atoms with van der Waals surface area (Å²) in [7, 11) is 0. The summed E-state index contributed by atoms with van der Waals surface area (Å²) in [6.45, 7) is 1.49. The van der Waals surface area contributed by atoms with Crippen LogP contribution >= 0.6 is 0 Å². The van der Waals surface area contributed by atoms with Crippen molar-refractivity contribution >= 4 is 11.6 Å². The molecule has 3 aromatic rings. The molecule has 2 heteroatoms. The molecule has 0 saturated carbocycles. The maximum atomic E-state index is 10.5. The number of nitrogens with one attached hydrogen (secondary N) is 1. The maximum Gasteiger partial charge on any atom is 0.221 e. The van der Waals surface area contributed by atoms with Crippen LogP contribution < -0.4 is 5.32 Å². The summed E-state index contributed by atoms with van der Waals surface area (Å²) in [6, 6.07) is 30.1. The molecule has 0 aliphatic heterocycles. The Labute approximate surface area is 131 Å². The highest BCUT2D eigenvalue weighted by Crippen LogP contribution is 2.17. The molecule has 0 spiro atoms. The monoisotopic (exact) mass is 289 g/mol. The van der Waals surface area contributed by atoms with Gasteiger partial charge in [0.1, 0.15) is 0 Å². The number of para-hydroxylation sites is 1. The van der Waals surface area contributed by atoms with E-state index in [0.717, 1.165) is 5.69 Å². The Morgan fingerprint density at radius 3 is 1.36 bits per heavy atom. The molecule has 3 rings (SSSR count). The van der Waals surface area contributed by atoms with Gasteiger partial charge in [0.05, 0.1) is 0 Å². The molecule has 110 valence electrons. The van der Waals surface area contributed by atoms with E-state index in [1.807, 2.05) is 42.5 Å². The number of benzene rings is 3. The number of hydrogen-bond donors (Lipinski definition) is 1. The molecule has 0 atom stereocenters. The lowest BCUT2D eigenvalue weighted by molar-refractivity contribution is -0.114. The van der Waals surface area contributed by atoms with Gasteiger partial charge in [0, 0.05) is 12.6 Å². The van der Waals surface area contributed by atoms with Crippen molar-refractivity contribution in [1.82, 2.24) is 0 Å². The van der Waals surface area contributed by atoms with Crippen molar-refractivity contribution in [2.75, 3.05) is 5.32 Å². The molecule has 0 unspecified atom stereocenters. The van der Waals surface area contributed by atoms with Crippen molar-refractivity contribution in [1.29, 1.82) is 0 Å². The first-order chi connectivity index (χ1) is 10.8. The van der Waals surface area contributed by atoms with Gasteiger partial charge in [0.15, 0.2) is 0 Å². The molecular weight excluding hydrogens is 270 g/mol. The minimum Gasteiger partial charge on any atom is -0.326 e. The van der Waals surface area contributed by atoms with Crippen LogP contribution in [0.3, 0.4) is 0 Å². The van der Waals surface area contributed by atoms with Gasteiger partial charge in [-0.05, 0) is 23.3 Å². The molecule has 2 nitrogen and oxygen atoms in total. The Hall–Kier alpha value is -2.87. The van der Waals surface area contributed by atoms with Crippen LogP contribution in [-0.2, 0) is 4.79 Å². The van der Waals surface area contributed by atoms with Gasteiger partial charge in [-0.15, -0.1) is 0 Å². The Morgan fingerprint density at radius 2 is 1.00 bits per heavy atom. The number of rotatable bonds is 2. The van der Waals surface area contributed by atoms with Gasteiger partial charge in [-0.3, -0.25) is 4.79 Å². The molecule has 0 heterocycles. The highest BCUT2D eigenvalue weighted by Gasteiger charge is 1.92. The van der Waals surface area contributed by atoms with Crippen LogP contribution in [0.2, 0.25) is 0 Å². The Bertz CT molecular complexity index is 641. The van der Waals surface area contributed by atoms with E-state index < -0.39 is 0 Å². The molecule has 0 radical (unpaired) electrons. The third kappa shape index (κ3) is 5.25. The van der Waals surface area contributed by atoms with Gasteiger partial charge in [0.25, 0.3) is 0 Å². The summed E-state index contributed by atoms with van der Waals surface area (Å²) in [5.74, 6) is -0.0359. The summed E-state index contributed by atoms with van der Waals surface area (Å²) in [4.78, 5) is 10.5. The predicted molar refractivity (Wildman–Crippen MR) is 92.6 cm³/mol. The molecule has 0 saturated heterocycles. The second-order valence-corrected chi connectivity index (χ2v) is 4.78. The summed E-state index contributed by atoms with van der Waals surface area (Å²) < 4.78 is 0. The number of carbonyl (C=O) groups is 1. The van der Waals surface area contributed by atoms with Crippen LogP contribution in [-0.4, -0.2) is 5.91 Å². The Kier molecular flexibility index (Phi) is 5.94. The molecule has 0 aliphatic rings. The van der Waals surface area contributed by atoms with E-state index in [1.54, 1.807) is 0 Å². The van der Waals surface area contributed by atoms with Gasteiger partial charge in [-0.2, -0.15) is 0 Å². The van der Waals surface area contributed by atoms with Gasteiger partial charge in [-0.1, -0.05) is 78.9 Å². The van der Waals surface area contributed by atoms with E-state index in [1.165, 1.54) is 18.1 Å². The lowest BCUT2D eigenvalue weighted by atomic mass is 10.1. The van der Waals surface area contributed by atoms with Gasteiger partial charge in [-0.25, -0.2) is 0 Å². The fourth-order valence-corrected chi connectivity index (χ4v) is 1.99. The first-order valence-corrected chi connectivity index (χ1v) is 7.19. The summed E-state index contributed by atoms with van der Waals surface area (Å²) in [6.07, 6.45) is 0. The quantitative estimate of drug-likeness (QED) is 0.706. The van der Waals surface area contributed by atoms with E-state index in [4.69, 9.17) is 0 Å². The van der Waals surface area contributed by atoms with Crippen LogP contribution in [0.5, 0.6) is 0 Å². The van der Waals surface area contributed by atoms with Crippen molar-refractivity contribution in [3.8, 4) is 11.1 Å². The SMILES string of the molecule is CC(=O)Nc1ccccc1.c1ccc(-c2ccccc2)cc1. The second-order valence-electron chi connectivity index (χ2n) is 4.78. The maximum absolute atomic E-state index is 10.5. The average Bonchev–Trinajstić information content (AvgIpc) is 2.57. The average molecular weight is 289 g/mol. The van der Waals surface area contributed by atoms with Gasteiger partial charge >= 0.3 is 0 Å². The topological polar surface area (TPSA) is 29.1 Å². The second kappa shape index (κ2) is 8.42. The van der Waals surface area contributed by atoms with Crippen LogP contribution in [0.25, 0.3) is 11.1 Å². The third-order valence-electron chi connectivity index (χ3n) is 2.98. The van der Waals surface area contributed by atoms with Crippen LogP contribution in [0, 0.1) is 0 Å². The number of amides is 1. The van der Waals surface area contributed by atoms with Gasteiger partial charge < -0.3 is 5.32 Å². The Morgan fingerprint density at radius 1 is 0.636 bits per heavy atom. The molecule has 1 N–H and O–H groups in total. The molecular formula is C20H19NO. The zero-order valence-corrected chi connectivity index (χ0v) is 12.6. The highest BCUT2D eigenvalue weighted by atomic mass is 16.1. The zero-order valence-electron chi connectivity index (χ0n) is 12.6. The zero-order chi connectivity index (χ0) is 15.6. The van der Waals surface area contributed by atoms with Crippen LogP contribution in [0.4, 0.5) is 5.69 Å². The van der Waals surface area contributed by atoms with E-state index in [9.17, 15) is 4.79 Å². The molecule has 1 amide bonds. The number of hydrogen-bond acceptors (Lipinski definition) is 1. The van der Waals surface area contributed by atoms with Crippen molar-refractivity contribution in [3.05, 3.63) is 91.0 Å². The van der Waals surface area contributed by atoms with Crippen LogP contribution in [0.15, 0.2) is 91.0 Å². The largest absolute Gasteiger partial charge is 0.326 e. The third-order valence-corrected chi connectivity index (χ3v) is 2.98. The molecule has 0 aromatic heterocycles. The standard InChI is InChI=1S/C12H10.C8H9NO/c1-3-7-11(8-4-1)12-9-5-2-6-10-12;1-7(10)9-8-5-3-2-4-6-8/h1-10H;2-6H,1H3,(H,9,10). The summed E-state index contributed by atoms with van der Waals surface area (Å²) >= 11 is 0. The minimum atomic E-state index is -0.0359. The fraction of sp³-hybridized carbons (Fsp3) is 0.0500. The molecule has 3 aromatic carbocycles. The first-order valence-electron chi connectivity index (χ1n) is 7.19. The first kappa shape index (κ1) is 15.5. The van der Waals surface area contributed by atoms with Crippen LogP contribution in [0.1, 0.15) is 6.92 Å². The smallest absolute Gasteiger partial charge is 0.221 e. The van der Waals surface area contributed by atoms with E-state index >= 15 is 0 Å². The summed E-state index contributed by atoms with van der Waals surface area (Å²) in [5, 5.41) is 2.67. The van der Waals surface area contributed by atoms with Crippen molar-refractivity contribution in [3.63, 3.8) is 0 Å². The highest BCUT2D eigenvalue weighted by molar-refractivity contribution is 5.88. The fourth-order valence-electron chi connectivity index (χ4n) is 1.99. The number of carbonyl (C=O) groups excluding carboxylic acids is 1. The van der Waals surface area contributed by atoms with Crippen molar-refractivity contribution in [2.45, 2.75) is 6.92 Å². The van der Waals surface area contributed by atoms with Crippen molar-refractivity contribution < 1.29 is 4.79 Å². The minimum absolute atomic E-state index is 0.0359.